The standard InChI is InChI=1S/C12H11N3OS2/c1-8-2-4-9(5-3-8)6-13-11-14-15-10(16)7-17-12(15)18-11/h2-6,12H,7H2,1H3. The van der Waals surface area contributed by atoms with Crippen molar-refractivity contribution in [1.29, 1.82) is 0 Å². The molecule has 1 atom stereocenters. The highest BCUT2D eigenvalue weighted by atomic mass is 32.2. The van der Waals surface area contributed by atoms with Crippen LogP contribution in [0.25, 0.3) is 0 Å². The van der Waals surface area contributed by atoms with Gasteiger partial charge in [0.1, 0.15) is 0 Å². The lowest BCUT2D eigenvalue weighted by Gasteiger charge is -2.06. The van der Waals surface area contributed by atoms with Crippen LogP contribution in [-0.2, 0) is 4.79 Å². The van der Waals surface area contributed by atoms with E-state index in [9.17, 15) is 4.79 Å². The number of hydrazone groups is 1. The third-order valence-corrected chi connectivity index (χ3v) is 5.00. The molecular weight excluding hydrogens is 266 g/mol. The molecule has 4 nitrogen and oxygen atoms in total. The van der Waals surface area contributed by atoms with E-state index in [4.69, 9.17) is 0 Å². The summed E-state index contributed by atoms with van der Waals surface area (Å²) in [6, 6.07) is 8.12. The summed E-state index contributed by atoms with van der Waals surface area (Å²) >= 11 is 3.13. The van der Waals surface area contributed by atoms with E-state index >= 15 is 0 Å². The smallest absolute Gasteiger partial charge is 0.254 e. The second-order valence-corrected chi connectivity index (χ2v) is 6.44. The summed E-state index contributed by atoms with van der Waals surface area (Å²) in [5, 5.41) is 6.39. The number of aliphatic imine (C=N–C) groups is 1. The van der Waals surface area contributed by atoms with Gasteiger partial charge in [0, 0.05) is 6.21 Å². The van der Waals surface area contributed by atoms with Crippen molar-refractivity contribution < 1.29 is 4.79 Å². The fraction of sp³-hybridized carbons (Fsp3) is 0.250. The first-order valence-corrected chi connectivity index (χ1v) is 7.45. The Morgan fingerprint density at radius 1 is 1.44 bits per heavy atom. The number of thioether (sulfide) groups is 2. The van der Waals surface area contributed by atoms with Crippen LogP contribution < -0.4 is 0 Å². The Labute approximate surface area is 114 Å². The molecule has 1 unspecified atom stereocenters. The van der Waals surface area contributed by atoms with Crippen molar-refractivity contribution >= 4 is 40.8 Å². The number of carbonyl (C=O) groups is 1. The van der Waals surface area contributed by atoms with E-state index in [2.05, 4.69) is 17.0 Å². The third-order valence-electron chi connectivity index (χ3n) is 2.61. The highest BCUT2D eigenvalue weighted by Crippen LogP contribution is 2.39. The molecule has 6 heteroatoms. The van der Waals surface area contributed by atoms with E-state index in [1.165, 1.54) is 22.3 Å². The van der Waals surface area contributed by atoms with E-state index in [-0.39, 0.29) is 10.6 Å². The van der Waals surface area contributed by atoms with Gasteiger partial charge < -0.3 is 0 Å². The Balaban J connectivity index is 1.72. The van der Waals surface area contributed by atoms with Crippen LogP contribution in [0, 0.1) is 6.92 Å². The minimum atomic E-state index is 0.0676. The Hall–Kier alpha value is -1.27. The molecule has 0 N–H and O–H groups in total. The van der Waals surface area contributed by atoms with Gasteiger partial charge in [0.25, 0.3) is 5.91 Å². The molecule has 0 bridgehead atoms. The Bertz CT molecular complexity index is 539. The second kappa shape index (κ2) is 4.78. The molecule has 2 heterocycles. The highest BCUT2D eigenvalue weighted by molar-refractivity contribution is 8.25. The predicted octanol–water partition coefficient (Wildman–Crippen LogP) is 2.29. The minimum Gasteiger partial charge on any atom is -0.272 e. The molecule has 2 aliphatic rings. The van der Waals surface area contributed by atoms with Crippen LogP contribution in [0.4, 0.5) is 0 Å². The zero-order chi connectivity index (χ0) is 12.5. The van der Waals surface area contributed by atoms with Gasteiger partial charge in [-0.2, -0.15) is 0 Å². The van der Waals surface area contributed by atoms with E-state index in [0.717, 1.165) is 5.56 Å². The van der Waals surface area contributed by atoms with Gasteiger partial charge in [-0.3, -0.25) is 4.79 Å². The Morgan fingerprint density at radius 3 is 2.94 bits per heavy atom. The molecule has 0 saturated carbocycles. The van der Waals surface area contributed by atoms with Crippen LogP contribution in [0.3, 0.4) is 0 Å². The van der Waals surface area contributed by atoms with Crippen LogP contribution in [0.15, 0.2) is 34.4 Å². The number of hydrogen-bond donors (Lipinski definition) is 0. The van der Waals surface area contributed by atoms with Crippen molar-refractivity contribution in [3.05, 3.63) is 35.4 Å². The molecule has 1 saturated heterocycles. The summed E-state index contributed by atoms with van der Waals surface area (Å²) < 4.78 is 0.0858. The number of fused-ring (bicyclic) bond motifs is 1. The van der Waals surface area contributed by atoms with Crippen LogP contribution >= 0.6 is 23.5 Å². The first-order valence-electron chi connectivity index (χ1n) is 5.52. The summed E-state index contributed by atoms with van der Waals surface area (Å²) in [7, 11) is 0. The fourth-order valence-electron chi connectivity index (χ4n) is 1.63. The predicted molar refractivity (Wildman–Crippen MR) is 76.9 cm³/mol. The van der Waals surface area contributed by atoms with E-state index in [1.54, 1.807) is 18.0 Å². The van der Waals surface area contributed by atoms with Crippen molar-refractivity contribution in [2.24, 2.45) is 10.1 Å². The topological polar surface area (TPSA) is 45.0 Å². The van der Waals surface area contributed by atoms with Gasteiger partial charge >= 0.3 is 0 Å². The number of carbonyl (C=O) groups excluding carboxylic acids is 1. The van der Waals surface area contributed by atoms with Gasteiger partial charge in [-0.05, 0) is 24.2 Å². The largest absolute Gasteiger partial charge is 0.272 e. The first-order chi connectivity index (χ1) is 8.72. The Morgan fingerprint density at radius 2 is 2.22 bits per heavy atom. The van der Waals surface area contributed by atoms with Crippen molar-refractivity contribution in [2.45, 2.75) is 11.6 Å². The minimum absolute atomic E-state index is 0.0676. The molecule has 3 rings (SSSR count). The van der Waals surface area contributed by atoms with Gasteiger partial charge in [0.05, 0.1) is 5.75 Å². The summed E-state index contributed by atoms with van der Waals surface area (Å²) in [6.07, 6.45) is 1.78. The number of amidine groups is 1. The molecule has 1 fully saturated rings. The van der Waals surface area contributed by atoms with Crippen LogP contribution in [-0.4, -0.2) is 32.8 Å². The maximum Gasteiger partial charge on any atom is 0.254 e. The van der Waals surface area contributed by atoms with Gasteiger partial charge in [0.2, 0.25) is 5.17 Å². The van der Waals surface area contributed by atoms with Crippen LogP contribution in [0.5, 0.6) is 0 Å². The number of hydrogen-bond acceptors (Lipinski definition) is 5. The molecule has 0 aliphatic carbocycles. The molecule has 2 aliphatic heterocycles. The van der Waals surface area contributed by atoms with E-state index in [1.807, 2.05) is 24.3 Å². The maximum absolute atomic E-state index is 11.4. The highest BCUT2D eigenvalue weighted by Gasteiger charge is 2.38. The lowest BCUT2D eigenvalue weighted by molar-refractivity contribution is -0.126. The molecule has 1 aromatic rings. The summed E-state index contributed by atoms with van der Waals surface area (Å²) in [6.45, 7) is 2.05. The second-order valence-electron chi connectivity index (χ2n) is 4.03. The normalized spacial score (nSPS) is 22.7. The molecule has 92 valence electrons. The zero-order valence-corrected chi connectivity index (χ0v) is 11.4. The number of benzene rings is 1. The van der Waals surface area contributed by atoms with Gasteiger partial charge in [-0.25, -0.2) is 10.0 Å². The fourth-order valence-corrected chi connectivity index (χ4v) is 3.78. The molecule has 0 spiro atoms. The lowest BCUT2D eigenvalue weighted by atomic mass is 10.2. The number of amides is 1. The third kappa shape index (κ3) is 2.30. The lowest BCUT2D eigenvalue weighted by Crippen LogP contribution is -2.21. The molecule has 1 amide bonds. The summed E-state index contributed by atoms with van der Waals surface area (Å²) in [5.74, 6) is 0.592. The number of nitrogens with zero attached hydrogens (tertiary/aromatic N) is 3. The Kier molecular flexibility index (Phi) is 3.13. The monoisotopic (exact) mass is 277 g/mol. The summed E-state index contributed by atoms with van der Waals surface area (Å²) in [5.41, 5.74) is 2.26. The zero-order valence-electron chi connectivity index (χ0n) is 9.74. The molecular formula is C12H11N3OS2. The SMILES string of the molecule is Cc1ccc(C=NC2=NN3C(=O)CSC3S2)cc1. The number of aryl methyl sites for hydroxylation is 1. The quantitative estimate of drug-likeness (QED) is 0.740. The van der Waals surface area contributed by atoms with Crippen LogP contribution in [0.2, 0.25) is 0 Å². The van der Waals surface area contributed by atoms with Crippen molar-refractivity contribution in [3.63, 3.8) is 0 Å². The average molecular weight is 277 g/mol. The van der Waals surface area contributed by atoms with Crippen molar-refractivity contribution in [1.82, 2.24) is 5.01 Å². The molecule has 18 heavy (non-hydrogen) atoms. The first kappa shape index (κ1) is 11.8. The van der Waals surface area contributed by atoms with Gasteiger partial charge in [0.15, 0.2) is 4.71 Å². The van der Waals surface area contributed by atoms with E-state index < -0.39 is 0 Å². The molecule has 0 aromatic heterocycles. The summed E-state index contributed by atoms with van der Waals surface area (Å²) in [4.78, 5) is 15.8. The van der Waals surface area contributed by atoms with E-state index in [0.29, 0.717) is 10.9 Å². The van der Waals surface area contributed by atoms with Crippen molar-refractivity contribution in [3.8, 4) is 0 Å². The van der Waals surface area contributed by atoms with Gasteiger partial charge in [-0.1, -0.05) is 29.8 Å². The average Bonchev–Trinajstić information content (AvgIpc) is 2.91. The van der Waals surface area contributed by atoms with Crippen molar-refractivity contribution in [2.75, 3.05) is 5.75 Å². The maximum atomic E-state index is 11.4. The molecule has 0 radical (unpaired) electrons. The van der Waals surface area contributed by atoms with Gasteiger partial charge in [-0.15, -0.1) is 16.9 Å². The molecule has 1 aromatic carbocycles. The number of rotatable bonds is 1. The van der Waals surface area contributed by atoms with Crippen LogP contribution in [0.1, 0.15) is 11.1 Å².